The molecule has 2 amide bonds. The third-order valence-electron chi connectivity index (χ3n) is 5.52. The first-order valence-corrected chi connectivity index (χ1v) is 10.4. The lowest BCUT2D eigenvalue weighted by Crippen LogP contribution is -2.51. The Hall–Kier alpha value is -3.02. The van der Waals surface area contributed by atoms with Gasteiger partial charge in [0.15, 0.2) is 6.61 Å². The van der Waals surface area contributed by atoms with Gasteiger partial charge in [-0.15, -0.1) is 0 Å². The highest BCUT2D eigenvalue weighted by molar-refractivity contribution is 5.79. The van der Waals surface area contributed by atoms with Gasteiger partial charge in [0.2, 0.25) is 5.91 Å². The van der Waals surface area contributed by atoms with E-state index in [1.807, 2.05) is 61.2 Å². The van der Waals surface area contributed by atoms with Gasteiger partial charge in [-0.25, -0.2) is 0 Å². The van der Waals surface area contributed by atoms with Gasteiger partial charge in [0.05, 0.1) is 7.11 Å². The summed E-state index contributed by atoms with van der Waals surface area (Å²) in [4.78, 5) is 28.7. The first-order valence-electron chi connectivity index (χ1n) is 10.4. The van der Waals surface area contributed by atoms with E-state index in [-0.39, 0.29) is 18.4 Å². The predicted molar refractivity (Wildman–Crippen MR) is 116 cm³/mol. The molecular weight excluding hydrogens is 380 g/mol. The Balaban J connectivity index is 1.42. The van der Waals surface area contributed by atoms with Crippen LogP contribution in [-0.2, 0) is 16.0 Å². The van der Waals surface area contributed by atoms with Gasteiger partial charge in [-0.3, -0.25) is 9.59 Å². The molecule has 6 nitrogen and oxygen atoms in total. The summed E-state index contributed by atoms with van der Waals surface area (Å²) in [6.45, 7) is 6.20. The van der Waals surface area contributed by atoms with E-state index >= 15 is 0 Å². The van der Waals surface area contributed by atoms with Crippen molar-refractivity contribution in [2.24, 2.45) is 0 Å². The minimum atomic E-state index is -0.0389. The number of hydrogen-bond acceptors (Lipinski definition) is 4. The fourth-order valence-electron chi connectivity index (χ4n) is 3.66. The van der Waals surface area contributed by atoms with E-state index in [1.54, 1.807) is 12.0 Å². The van der Waals surface area contributed by atoms with E-state index in [4.69, 9.17) is 9.47 Å². The van der Waals surface area contributed by atoms with E-state index in [0.29, 0.717) is 39.0 Å². The highest BCUT2D eigenvalue weighted by Gasteiger charge is 2.24. The molecular formula is C24H30N2O4. The number of amides is 2. The molecule has 0 saturated carbocycles. The third-order valence-corrected chi connectivity index (χ3v) is 5.52. The number of methoxy groups -OCH3 is 1. The highest BCUT2D eigenvalue weighted by atomic mass is 16.5. The molecule has 0 bridgehead atoms. The van der Waals surface area contributed by atoms with Crippen molar-refractivity contribution >= 4 is 11.8 Å². The zero-order valence-electron chi connectivity index (χ0n) is 18.0. The Morgan fingerprint density at radius 2 is 1.43 bits per heavy atom. The molecule has 1 heterocycles. The zero-order valence-corrected chi connectivity index (χ0v) is 18.0. The average Bonchev–Trinajstić information content (AvgIpc) is 2.77. The van der Waals surface area contributed by atoms with Crippen molar-refractivity contribution in [2.75, 3.05) is 39.9 Å². The Morgan fingerprint density at radius 1 is 0.867 bits per heavy atom. The van der Waals surface area contributed by atoms with Crippen LogP contribution >= 0.6 is 0 Å². The lowest BCUT2D eigenvalue weighted by atomic mass is 10.1. The first-order chi connectivity index (χ1) is 14.5. The number of carbonyl (C=O) groups is 2. The predicted octanol–water partition coefficient (Wildman–Crippen LogP) is 2.99. The molecule has 0 aliphatic carbocycles. The van der Waals surface area contributed by atoms with Crippen LogP contribution < -0.4 is 9.47 Å². The Morgan fingerprint density at radius 3 is 2.00 bits per heavy atom. The molecule has 0 N–H and O–H groups in total. The lowest BCUT2D eigenvalue weighted by molar-refractivity contribution is -0.140. The second kappa shape index (κ2) is 10.1. The van der Waals surface area contributed by atoms with Crippen LogP contribution in [0.25, 0.3) is 0 Å². The Labute approximate surface area is 178 Å². The smallest absolute Gasteiger partial charge is 0.260 e. The summed E-state index contributed by atoms with van der Waals surface area (Å²) in [5.41, 5.74) is 3.16. The molecule has 1 aliphatic heterocycles. The summed E-state index contributed by atoms with van der Waals surface area (Å²) in [7, 11) is 1.64. The highest BCUT2D eigenvalue weighted by Crippen LogP contribution is 2.22. The standard InChI is InChI=1S/C24H30N2O4/c1-18-5-4-6-19(2)24(18)30-17-23(28)26-15-13-25(14-16-26)22(27)12-9-20-7-10-21(29-3)11-8-20/h4-8,10-11H,9,12-17H2,1-3H3. The zero-order chi connectivity index (χ0) is 21.5. The molecule has 0 unspecified atom stereocenters. The lowest BCUT2D eigenvalue weighted by Gasteiger charge is -2.34. The first kappa shape index (κ1) is 21.7. The van der Waals surface area contributed by atoms with Crippen LogP contribution in [0.5, 0.6) is 11.5 Å². The molecule has 0 radical (unpaired) electrons. The Bertz CT molecular complexity index is 851. The van der Waals surface area contributed by atoms with Crippen LogP contribution in [0.4, 0.5) is 0 Å². The number of carbonyl (C=O) groups excluding carboxylic acids is 2. The van der Waals surface area contributed by atoms with Crippen molar-refractivity contribution < 1.29 is 19.1 Å². The van der Waals surface area contributed by atoms with Gasteiger partial charge in [0.1, 0.15) is 11.5 Å². The van der Waals surface area contributed by atoms with Gasteiger partial charge in [-0.1, -0.05) is 30.3 Å². The fraction of sp³-hybridized carbons (Fsp3) is 0.417. The van der Waals surface area contributed by atoms with Gasteiger partial charge in [-0.05, 0) is 49.1 Å². The summed E-state index contributed by atoms with van der Waals surface area (Å²) >= 11 is 0. The topological polar surface area (TPSA) is 59.1 Å². The van der Waals surface area contributed by atoms with E-state index in [2.05, 4.69) is 0 Å². The summed E-state index contributed by atoms with van der Waals surface area (Å²) in [6, 6.07) is 13.7. The van der Waals surface area contributed by atoms with Crippen molar-refractivity contribution in [3.05, 3.63) is 59.2 Å². The maximum absolute atomic E-state index is 12.5. The molecule has 2 aromatic carbocycles. The number of para-hydroxylation sites is 1. The number of hydrogen-bond donors (Lipinski definition) is 0. The van der Waals surface area contributed by atoms with Crippen molar-refractivity contribution in [3.8, 4) is 11.5 Å². The van der Waals surface area contributed by atoms with Gasteiger partial charge in [0.25, 0.3) is 5.91 Å². The maximum Gasteiger partial charge on any atom is 0.260 e. The van der Waals surface area contributed by atoms with E-state index < -0.39 is 0 Å². The van der Waals surface area contributed by atoms with E-state index in [1.165, 1.54) is 0 Å². The number of nitrogens with zero attached hydrogens (tertiary/aromatic N) is 2. The van der Waals surface area contributed by atoms with Gasteiger partial charge in [-0.2, -0.15) is 0 Å². The molecule has 0 spiro atoms. The summed E-state index contributed by atoms with van der Waals surface area (Å²) < 4.78 is 10.9. The SMILES string of the molecule is COc1ccc(CCC(=O)N2CCN(C(=O)COc3c(C)cccc3C)CC2)cc1. The largest absolute Gasteiger partial charge is 0.497 e. The number of benzene rings is 2. The number of ether oxygens (including phenoxy) is 2. The second-order valence-electron chi connectivity index (χ2n) is 7.62. The van der Waals surface area contributed by atoms with Crippen molar-refractivity contribution in [3.63, 3.8) is 0 Å². The summed E-state index contributed by atoms with van der Waals surface area (Å²) in [6.07, 6.45) is 1.17. The molecule has 0 aromatic heterocycles. The maximum atomic E-state index is 12.5. The van der Waals surface area contributed by atoms with Crippen molar-refractivity contribution in [1.29, 1.82) is 0 Å². The fourth-order valence-corrected chi connectivity index (χ4v) is 3.66. The van der Waals surface area contributed by atoms with Crippen LogP contribution in [0.15, 0.2) is 42.5 Å². The van der Waals surface area contributed by atoms with Crippen LogP contribution in [0.3, 0.4) is 0 Å². The molecule has 1 saturated heterocycles. The van der Waals surface area contributed by atoms with Gasteiger partial charge >= 0.3 is 0 Å². The van der Waals surface area contributed by atoms with Crippen LogP contribution in [0.1, 0.15) is 23.1 Å². The minimum Gasteiger partial charge on any atom is -0.497 e. The van der Waals surface area contributed by atoms with Crippen molar-refractivity contribution in [2.45, 2.75) is 26.7 Å². The molecule has 3 rings (SSSR count). The molecule has 1 aliphatic rings. The third kappa shape index (κ3) is 5.53. The molecule has 30 heavy (non-hydrogen) atoms. The summed E-state index contributed by atoms with van der Waals surface area (Å²) in [5, 5.41) is 0. The van der Waals surface area contributed by atoms with Gasteiger partial charge < -0.3 is 19.3 Å². The quantitative estimate of drug-likeness (QED) is 0.704. The van der Waals surface area contributed by atoms with Crippen LogP contribution in [-0.4, -0.2) is 61.5 Å². The molecule has 2 aromatic rings. The molecule has 6 heteroatoms. The van der Waals surface area contributed by atoms with Crippen LogP contribution in [0.2, 0.25) is 0 Å². The average molecular weight is 411 g/mol. The normalized spacial score (nSPS) is 13.8. The monoisotopic (exact) mass is 410 g/mol. The molecule has 1 fully saturated rings. The number of aryl methyl sites for hydroxylation is 3. The van der Waals surface area contributed by atoms with E-state index in [0.717, 1.165) is 28.2 Å². The number of piperazine rings is 1. The number of rotatable bonds is 7. The molecule has 0 atom stereocenters. The van der Waals surface area contributed by atoms with E-state index in [9.17, 15) is 9.59 Å². The molecule has 160 valence electrons. The summed E-state index contributed by atoms with van der Waals surface area (Å²) in [5.74, 6) is 1.68. The second-order valence-corrected chi connectivity index (χ2v) is 7.62. The van der Waals surface area contributed by atoms with Gasteiger partial charge in [0, 0.05) is 32.6 Å². The Kier molecular flexibility index (Phi) is 7.33. The van der Waals surface area contributed by atoms with Crippen LogP contribution in [0, 0.1) is 13.8 Å². The minimum absolute atomic E-state index is 0.0249. The van der Waals surface area contributed by atoms with Crippen molar-refractivity contribution in [1.82, 2.24) is 9.80 Å².